The minimum atomic E-state index is -4.00. The fourth-order valence-electron chi connectivity index (χ4n) is 5.94. The molecule has 0 spiro atoms. The summed E-state index contributed by atoms with van der Waals surface area (Å²) in [6.07, 6.45) is 0.439. The van der Waals surface area contributed by atoms with Gasteiger partial charge < -0.3 is 9.47 Å². The fraction of sp³-hybridized carbons (Fsp3) is 0.381. The highest BCUT2D eigenvalue weighted by Crippen LogP contribution is 2.38. The Morgan fingerprint density at radius 3 is 1.51 bits per heavy atom. The first-order chi connectivity index (χ1) is 24.0. The third-order valence-electron chi connectivity index (χ3n) is 8.21. The molecule has 8 nitrogen and oxygen atoms in total. The summed E-state index contributed by atoms with van der Waals surface area (Å²) < 4.78 is 43.0. The molecule has 4 aromatic carbocycles. The second-order valence-electron chi connectivity index (χ2n) is 14.8. The SMILES string of the molecule is Cc1ccc(S(=O)(=O)OCCC[C@H](C[C@H](NC(c2ccccc2)(c2ccccc2)c2ccccc2)C(=O)OC(C)(C)C)C(=O)OC(C)(C)C)cc1. The minimum Gasteiger partial charge on any atom is -0.460 e. The summed E-state index contributed by atoms with van der Waals surface area (Å²) in [5, 5.41) is 3.72. The predicted molar refractivity (Wildman–Crippen MR) is 199 cm³/mol. The van der Waals surface area contributed by atoms with E-state index in [-0.39, 0.29) is 30.8 Å². The van der Waals surface area contributed by atoms with E-state index in [1.165, 1.54) is 12.1 Å². The zero-order valence-electron chi connectivity index (χ0n) is 30.7. The van der Waals surface area contributed by atoms with E-state index in [1.54, 1.807) is 53.7 Å². The lowest BCUT2D eigenvalue weighted by Crippen LogP contribution is -2.54. The molecule has 4 rings (SSSR count). The van der Waals surface area contributed by atoms with Gasteiger partial charge in [0, 0.05) is 0 Å². The first-order valence-electron chi connectivity index (χ1n) is 17.4. The van der Waals surface area contributed by atoms with Crippen LogP contribution in [-0.4, -0.2) is 44.2 Å². The van der Waals surface area contributed by atoms with Crippen molar-refractivity contribution < 1.29 is 31.7 Å². The van der Waals surface area contributed by atoms with E-state index < -0.39 is 50.8 Å². The average molecular weight is 714 g/mol. The molecule has 9 heteroatoms. The highest BCUT2D eigenvalue weighted by atomic mass is 32.2. The van der Waals surface area contributed by atoms with E-state index in [0.29, 0.717) is 0 Å². The smallest absolute Gasteiger partial charge is 0.323 e. The van der Waals surface area contributed by atoms with Gasteiger partial charge in [-0.25, -0.2) is 0 Å². The fourth-order valence-corrected chi connectivity index (χ4v) is 6.88. The summed E-state index contributed by atoms with van der Waals surface area (Å²) in [5.74, 6) is -1.83. The number of hydrogen-bond donors (Lipinski definition) is 1. The Labute approximate surface area is 303 Å². The summed E-state index contributed by atoms with van der Waals surface area (Å²) >= 11 is 0. The third kappa shape index (κ3) is 11.1. The maximum atomic E-state index is 14.3. The molecule has 51 heavy (non-hydrogen) atoms. The molecule has 0 aliphatic carbocycles. The van der Waals surface area contributed by atoms with Gasteiger partial charge in [-0.1, -0.05) is 109 Å². The molecule has 0 unspecified atom stereocenters. The summed E-state index contributed by atoms with van der Waals surface area (Å²) in [7, 11) is -4.00. The zero-order valence-corrected chi connectivity index (χ0v) is 31.5. The van der Waals surface area contributed by atoms with Crippen molar-refractivity contribution in [3.8, 4) is 0 Å². The van der Waals surface area contributed by atoms with Crippen molar-refractivity contribution in [3.63, 3.8) is 0 Å². The van der Waals surface area contributed by atoms with Crippen molar-refractivity contribution in [2.24, 2.45) is 5.92 Å². The second kappa shape index (κ2) is 16.8. The molecule has 0 aliphatic rings. The van der Waals surface area contributed by atoms with Crippen molar-refractivity contribution >= 4 is 22.1 Å². The van der Waals surface area contributed by atoms with E-state index in [1.807, 2.05) is 97.9 Å². The first-order valence-corrected chi connectivity index (χ1v) is 18.8. The van der Waals surface area contributed by atoms with E-state index >= 15 is 0 Å². The van der Waals surface area contributed by atoms with Crippen LogP contribution in [0.5, 0.6) is 0 Å². The van der Waals surface area contributed by atoms with Crippen LogP contribution in [0.4, 0.5) is 0 Å². The molecule has 0 saturated heterocycles. The summed E-state index contributed by atoms with van der Waals surface area (Å²) in [6.45, 7) is 12.5. The van der Waals surface area contributed by atoms with Crippen LogP contribution in [0.25, 0.3) is 0 Å². The van der Waals surface area contributed by atoms with Crippen LogP contribution < -0.4 is 5.32 Å². The van der Waals surface area contributed by atoms with E-state index in [0.717, 1.165) is 22.3 Å². The second-order valence-corrected chi connectivity index (χ2v) is 16.4. The highest BCUT2D eigenvalue weighted by molar-refractivity contribution is 7.86. The summed E-state index contributed by atoms with van der Waals surface area (Å²) in [5.41, 5.74) is 0.953. The molecule has 0 aliphatic heterocycles. The lowest BCUT2D eigenvalue weighted by Gasteiger charge is -2.40. The Kier molecular flexibility index (Phi) is 13.0. The standard InChI is InChI=1S/C42H51NO7S/c1-31-25-27-36(28-26-31)51(46,47)48-29-17-18-32(38(44)49-40(2,3)4)30-37(39(45)50-41(5,6)7)43-42(33-19-11-8-12-20-33,34-21-13-9-14-22-34)35-23-15-10-16-24-35/h8-16,19-28,32,37,43H,17-18,29-30H2,1-7H3/t32-,37+/m1/s1. The Hall–Kier alpha value is -4.31. The number of hydrogen-bond acceptors (Lipinski definition) is 8. The molecule has 0 fully saturated rings. The van der Waals surface area contributed by atoms with Crippen LogP contribution in [0.15, 0.2) is 120 Å². The Morgan fingerprint density at radius 2 is 1.08 bits per heavy atom. The third-order valence-corrected chi connectivity index (χ3v) is 9.53. The zero-order chi connectivity index (χ0) is 37.3. The van der Waals surface area contributed by atoms with Gasteiger partial charge in [0.05, 0.1) is 23.0 Å². The van der Waals surface area contributed by atoms with Gasteiger partial charge in [0.25, 0.3) is 10.1 Å². The molecule has 272 valence electrons. The topological polar surface area (TPSA) is 108 Å². The van der Waals surface area contributed by atoms with Gasteiger partial charge in [-0.05, 0) is 96.6 Å². The molecule has 0 heterocycles. The quantitative estimate of drug-likeness (QED) is 0.0570. The number of carbonyl (C=O) groups excluding carboxylic acids is 2. The Morgan fingerprint density at radius 1 is 0.647 bits per heavy atom. The van der Waals surface area contributed by atoms with Gasteiger partial charge in [-0.15, -0.1) is 0 Å². The normalized spacial score (nSPS) is 13.6. The number of ether oxygens (including phenoxy) is 2. The van der Waals surface area contributed by atoms with Crippen molar-refractivity contribution in [1.29, 1.82) is 0 Å². The number of aryl methyl sites for hydroxylation is 1. The van der Waals surface area contributed by atoms with Crippen LogP contribution in [-0.2, 0) is 38.9 Å². The molecule has 4 aromatic rings. The first kappa shape index (κ1) is 39.5. The molecule has 0 radical (unpaired) electrons. The van der Waals surface area contributed by atoms with Gasteiger partial charge in [0.2, 0.25) is 0 Å². The number of nitrogens with one attached hydrogen (secondary N) is 1. The van der Waals surface area contributed by atoms with Crippen LogP contribution in [0, 0.1) is 12.8 Å². The minimum absolute atomic E-state index is 0.0167. The van der Waals surface area contributed by atoms with E-state index in [9.17, 15) is 18.0 Å². The molecule has 0 amide bonds. The van der Waals surface area contributed by atoms with Gasteiger partial charge in [-0.3, -0.25) is 19.1 Å². The Balaban J connectivity index is 1.74. The molecule has 0 aromatic heterocycles. The van der Waals surface area contributed by atoms with Crippen molar-refractivity contribution in [2.75, 3.05) is 6.61 Å². The van der Waals surface area contributed by atoms with Crippen molar-refractivity contribution in [2.45, 2.75) is 95.4 Å². The predicted octanol–water partition coefficient (Wildman–Crippen LogP) is 8.12. The molecular formula is C42H51NO7S. The monoisotopic (exact) mass is 713 g/mol. The number of carbonyl (C=O) groups is 2. The van der Waals surface area contributed by atoms with Crippen LogP contribution in [0.3, 0.4) is 0 Å². The molecule has 0 saturated carbocycles. The van der Waals surface area contributed by atoms with Gasteiger partial charge in [0.1, 0.15) is 17.2 Å². The van der Waals surface area contributed by atoms with Gasteiger partial charge in [-0.2, -0.15) is 8.42 Å². The number of esters is 2. The van der Waals surface area contributed by atoms with Crippen LogP contribution in [0.1, 0.15) is 83.1 Å². The van der Waals surface area contributed by atoms with Crippen LogP contribution >= 0.6 is 0 Å². The van der Waals surface area contributed by atoms with Crippen molar-refractivity contribution in [3.05, 3.63) is 138 Å². The van der Waals surface area contributed by atoms with Gasteiger partial charge >= 0.3 is 11.9 Å². The number of benzene rings is 4. The van der Waals surface area contributed by atoms with Gasteiger partial charge in [0.15, 0.2) is 0 Å². The molecular weight excluding hydrogens is 663 g/mol. The van der Waals surface area contributed by atoms with E-state index in [4.69, 9.17) is 13.7 Å². The lowest BCUT2D eigenvalue weighted by atomic mass is 9.76. The summed E-state index contributed by atoms with van der Waals surface area (Å²) in [6, 6.07) is 35.0. The number of rotatable bonds is 15. The maximum Gasteiger partial charge on any atom is 0.323 e. The maximum absolute atomic E-state index is 14.3. The average Bonchev–Trinajstić information content (AvgIpc) is 3.07. The molecule has 2 atom stereocenters. The highest BCUT2D eigenvalue weighted by Gasteiger charge is 2.42. The lowest BCUT2D eigenvalue weighted by molar-refractivity contribution is -0.163. The Bertz CT molecular complexity index is 1720. The molecule has 0 bridgehead atoms. The molecule has 1 N–H and O–H groups in total. The van der Waals surface area contributed by atoms with Crippen molar-refractivity contribution in [1.82, 2.24) is 5.32 Å². The van der Waals surface area contributed by atoms with E-state index in [2.05, 4.69) is 5.32 Å². The van der Waals surface area contributed by atoms with Crippen LogP contribution in [0.2, 0.25) is 0 Å². The summed E-state index contributed by atoms with van der Waals surface area (Å²) in [4.78, 5) is 28.2. The largest absolute Gasteiger partial charge is 0.460 e.